The molecule has 0 atom stereocenters. The SMILES string of the molecule is C=C(OCC)c1ccc(C#N)c(N)c1. The molecule has 0 amide bonds. The summed E-state index contributed by atoms with van der Waals surface area (Å²) < 4.78 is 5.22. The predicted octanol–water partition coefficient (Wildman–Crippen LogP) is 2.15. The van der Waals surface area contributed by atoms with E-state index in [0.29, 0.717) is 23.6 Å². The Bertz CT molecular complexity index is 391. The van der Waals surface area contributed by atoms with Gasteiger partial charge in [0.2, 0.25) is 0 Å². The largest absolute Gasteiger partial charge is 0.494 e. The molecule has 1 aromatic carbocycles. The molecule has 1 rings (SSSR count). The lowest BCUT2D eigenvalue weighted by atomic mass is 10.1. The lowest BCUT2D eigenvalue weighted by Gasteiger charge is -2.07. The molecule has 0 fully saturated rings. The first-order valence-corrected chi connectivity index (χ1v) is 4.30. The summed E-state index contributed by atoms with van der Waals surface area (Å²) in [6.07, 6.45) is 0. The number of nitriles is 1. The number of nitrogens with two attached hydrogens (primary N) is 1. The van der Waals surface area contributed by atoms with Gasteiger partial charge in [-0.15, -0.1) is 0 Å². The van der Waals surface area contributed by atoms with Gasteiger partial charge in [-0.1, -0.05) is 6.58 Å². The standard InChI is InChI=1S/C11H12N2O/c1-3-14-8(2)9-4-5-10(7-12)11(13)6-9/h4-6H,2-3,13H2,1H3. The molecule has 0 spiro atoms. The molecule has 3 heteroatoms. The number of nitrogen functional groups attached to an aromatic ring is 1. The zero-order chi connectivity index (χ0) is 10.6. The van der Waals surface area contributed by atoms with Crippen LogP contribution < -0.4 is 5.73 Å². The van der Waals surface area contributed by atoms with Gasteiger partial charge < -0.3 is 10.5 Å². The highest BCUT2D eigenvalue weighted by molar-refractivity contribution is 5.65. The predicted molar refractivity (Wildman–Crippen MR) is 56.2 cm³/mol. The van der Waals surface area contributed by atoms with Crippen LogP contribution in [0.1, 0.15) is 18.1 Å². The molecule has 0 unspecified atom stereocenters. The highest BCUT2D eigenvalue weighted by Gasteiger charge is 2.03. The summed E-state index contributed by atoms with van der Waals surface area (Å²) in [5, 5.41) is 8.67. The van der Waals surface area contributed by atoms with Crippen molar-refractivity contribution in [2.75, 3.05) is 12.3 Å². The van der Waals surface area contributed by atoms with Gasteiger partial charge in [0.25, 0.3) is 0 Å². The molecule has 0 heterocycles. The van der Waals surface area contributed by atoms with Crippen LogP contribution in [0.4, 0.5) is 5.69 Å². The van der Waals surface area contributed by atoms with Crippen LogP contribution >= 0.6 is 0 Å². The fraction of sp³-hybridized carbons (Fsp3) is 0.182. The molecule has 0 aromatic heterocycles. The van der Waals surface area contributed by atoms with Crippen molar-refractivity contribution in [3.8, 4) is 6.07 Å². The fourth-order valence-corrected chi connectivity index (χ4v) is 1.10. The van der Waals surface area contributed by atoms with E-state index in [1.807, 2.05) is 13.0 Å². The molecule has 14 heavy (non-hydrogen) atoms. The fourth-order valence-electron chi connectivity index (χ4n) is 1.10. The van der Waals surface area contributed by atoms with Gasteiger partial charge >= 0.3 is 0 Å². The quantitative estimate of drug-likeness (QED) is 0.584. The summed E-state index contributed by atoms with van der Waals surface area (Å²) in [7, 11) is 0. The van der Waals surface area contributed by atoms with E-state index in [9.17, 15) is 0 Å². The highest BCUT2D eigenvalue weighted by Crippen LogP contribution is 2.19. The number of benzene rings is 1. The normalized spacial score (nSPS) is 9.14. The number of hydrogen-bond donors (Lipinski definition) is 1. The molecule has 0 aliphatic rings. The second kappa shape index (κ2) is 4.33. The van der Waals surface area contributed by atoms with Crippen LogP contribution in [-0.2, 0) is 4.74 Å². The summed E-state index contributed by atoms with van der Waals surface area (Å²) >= 11 is 0. The Balaban J connectivity index is 2.98. The maximum Gasteiger partial charge on any atom is 0.119 e. The first kappa shape index (κ1) is 10.1. The van der Waals surface area contributed by atoms with Crippen LogP contribution in [0.3, 0.4) is 0 Å². The van der Waals surface area contributed by atoms with Crippen LogP contribution in [0.5, 0.6) is 0 Å². The van der Waals surface area contributed by atoms with Crippen molar-refractivity contribution >= 4 is 11.4 Å². The minimum atomic E-state index is 0.450. The second-order valence-electron chi connectivity index (χ2n) is 2.77. The van der Waals surface area contributed by atoms with Gasteiger partial charge in [0.1, 0.15) is 11.8 Å². The summed E-state index contributed by atoms with van der Waals surface area (Å²) in [6.45, 7) is 6.21. The zero-order valence-corrected chi connectivity index (χ0v) is 8.08. The van der Waals surface area contributed by atoms with E-state index >= 15 is 0 Å². The molecule has 0 aliphatic carbocycles. The number of rotatable bonds is 3. The number of anilines is 1. The Morgan fingerprint density at radius 3 is 2.86 bits per heavy atom. The third-order valence-corrected chi connectivity index (χ3v) is 1.81. The lowest BCUT2D eigenvalue weighted by Crippen LogP contribution is -1.94. The summed E-state index contributed by atoms with van der Waals surface area (Å²) in [6, 6.07) is 7.12. The minimum absolute atomic E-state index is 0.450. The van der Waals surface area contributed by atoms with Crippen LogP contribution in [-0.4, -0.2) is 6.61 Å². The van der Waals surface area contributed by atoms with Crippen molar-refractivity contribution < 1.29 is 4.74 Å². The van der Waals surface area contributed by atoms with Gasteiger partial charge in [0.05, 0.1) is 17.9 Å². The van der Waals surface area contributed by atoms with E-state index in [4.69, 9.17) is 15.7 Å². The van der Waals surface area contributed by atoms with Crippen molar-refractivity contribution in [3.05, 3.63) is 35.9 Å². The van der Waals surface area contributed by atoms with E-state index < -0.39 is 0 Å². The Morgan fingerprint density at radius 1 is 1.64 bits per heavy atom. The Kier molecular flexibility index (Phi) is 3.14. The van der Waals surface area contributed by atoms with Gasteiger partial charge in [0, 0.05) is 5.56 Å². The molecule has 2 N–H and O–H groups in total. The highest BCUT2D eigenvalue weighted by atomic mass is 16.5. The average Bonchev–Trinajstić information content (AvgIpc) is 2.18. The monoisotopic (exact) mass is 188 g/mol. The molecule has 0 aliphatic heterocycles. The van der Waals surface area contributed by atoms with Crippen molar-refractivity contribution in [1.29, 1.82) is 5.26 Å². The first-order valence-electron chi connectivity index (χ1n) is 4.30. The molecular formula is C11H12N2O. The second-order valence-corrected chi connectivity index (χ2v) is 2.77. The first-order chi connectivity index (χ1) is 6.69. The summed E-state index contributed by atoms with van der Waals surface area (Å²) in [5.41, 5.74) is 7.38. The van der Waals surface area contributed by atoms with E-state index in [0.717, 1.165) is 5.56 Å². The van der Waals surface area contributed by atoms with E-state index in [1.165, 1.54) is 0 Å². The average molecular weight is 188 g/mol. The molecule has 72 valence electrons. The van der Waals surface area contributed by atoms with Crippen molar-refractivity contribution in [3.63, 3.8) is 0 Å². The van der Waals surface area contributed by atoms with Crippen molar-refractivity contribution in [2.45, 2.75) is 6.92 Å². The molecule has 0 radical (unpaired) electrons. The number of hydrogen-bond acceptors (Lipinski definition) is 3. The molecular weight excluding hydrogens is 176 g/mol. The Labute approximate surface area is 83.4 Å². The maximum atomic E-state index is 8.67. The number of ether oxygens (including phenoxy) is 1. The van der Waals surface area contributed by atoms with Crippen molar-refractivity contribution in [2.24, 2.45) is 0 Å². The molecule has 3 nitrogen and oxygen atoms in total. The van der Waals surface area contributed by atoms with Crippen LogP contribution in [0, 0.1) is 11.3 Å². The smallest absolute Gasteiger partial charge is 0.119 e. The molecule has 0 saturated heterocycles. The topological polar surface area (TPSA) is 59.0 Å². The third kappa shape index (κ3) is 2.05. The van der Waals surface area contributed by atoms with Gasteiger partial charge in [0.15, 0.2) is 0 Å². The molecule has 1 aromatic rings. The van der Waals surface area contributed by atoms with Crippen LogP contribution in [0.15, 0.2) is 24.8 Å². The zero-order valence-electron chi connectivity index (χ0n) is 8.08. The summed E-state index contributed by atoms with van der Waals surface area (Å²) in [4.78, 5) is 0. The van der Waals surface area contributed by atoms with Crippen molar-refractivity contribution in [1.82, 2.24) is 0 Å². The van der Waals surface area contributed by atoms with Crippen LogP contribution in [0.2, 0.25) is 0 Å². The van der Waals surface area contributed by atoms with E-state index in [1.54, 1.807) is 18.2 Å². The van der Waals surface area contributed by atoms with Gasteiger partial charge in [-0.25, -0.2) is 0 Å². The van der Waals surface area contributed by atoms with Gasteiger partial charge in [-0.2, -0.15) is 5.26 Å². The number of nitrogens with zero attached hydrogens (tertiary/aromatic N) is 1. The molecule has 0 bridgehead atoms. The molecule has 0 saturated carbocycles. The van der Waals surface area contributed by atoms with Gasteiger partial charge in [-0.3, -0.25) is 0 Å². The maximum absolute atomic E-state index is 8.67. The van der Waals surface area contributed by atoms with Crippen LogP contribution in [0.25, 0.3) is 5.76 Å². The van der Waals surface area contributed by atoms with E-state index in [2.05, 4.69) is 6.58 Å². The third-order valence-electron chi connectivity index (χ3n) is 1.81. The Hall–Kier alpha value is -1.95. The summed E-state index contributed by atoms with van der Waals surface area (Å²) in [5.74, 6) is 0.573. The Morgan fingerprint density at radius 2 is 2.36 bits per heavy atom. The lowest BCUT2D eigenvalue weighted by molar-refractivity contribution is 0.299. The van der Waals surface area contributed by atoms with Gasteiger partial charge in [-0.05, 0) is 25.1 Å². The van der Waals surface area contributed by atoms with E-state index in [-0.39, 0.29) is 0 Å². The minimum Gasteiger partial charge on any atom is -0.494 e.